The van der Waals surface area contributed by atoms with Crippen LogP contribution >= 0.6 is 0 Å². The molecule has 0 aliphatic carbocycles. The van der Waals surface area contributed by atoms with Crippen LogP contribution in [0.2, 0.25) is 0 Å². The molecule has 3 amide bonds. The summed E-state index contributed by atoms with van der Waals surface area (Å²) in [6.07, 6.45) is 17.2. The van der Waals surface area contributed by atoms with Crippen LogP contribution in [0.3, 0.4) is 0 Å². The second-order valence-corrected chi connectivity index (χ2v) is 12.3. The van der Waals surface area contributed by atoms with Crippen molar-refractivity contribution >= 4 is 34.9 Å². The van der Waals surface area contributed by atoms with Crippen molar-refractivity contribution < 1.29 is 19.2 Å². The van der Waals surface area contributed by atoms with Gasteiger partial charge < -0.3 is 16.0 Å². The van der Waals surface area contributed by atoms with E-state index in [9.17, 15) is 19.2 Å². The fourth-order valence-electron chi connectivity index (χ4n) is 5.57. The summed E-state index contributed by atoms with van der Waals surface area (Å²) in [7, 11) is 0. The first kappa shape index (κ1) is 37.2. The third-order valence-electron chi connectivity index (χ3n) is 8.25. The molecule has 0 saturated heterocycles. The van der Waals surface area contributed by atoms with Crippen LogP contribution in [0.4, 0.5) is 11.4 Å². The molecule has 3 N–H and O–H groups in total. The highest BCUT2D eigenvalue weighted by atomic mass is 16.2. The van der Waals surface area contributed by atoms with Gasteiger partial charge in [-0.05, 0) is 30.2 Å². The van der Waals surface area contributed by atoms with Gasteiger partial charge in [-0.1, -0.05) is 145 Å². The molecule has 3 rings (SSSR count). The lowest BCUT2D eigenvalue weighted by Crippen LogP contribution is -2.27. The van der Waals surface area contributed by atoms with Crippen molar-refractivity contribution in [3.63, 3.8) is 0 Å². The Bertz CT molecular complexity index is 1370. The van der Waals surface area contributed by atoms with E-state index in [1.54, 1.807) is 42.5 Å². The minimum Gasteiger partial charge on any atom is -0.356 e. The Kier molecular flexibility index (Phi) is 17.6. The van der Waals surface area contributed by atoms with Crippen LogP contribution in [-0.2, 0) is 20.8 Å². The predicted octanol–water partition coefficient (Wildman–Crippen LogP) is 9.02. The highest BCUT2D eigenvalue weighted by Gasteiger charge is 2.17. The molecule has 7 heteroatoms. The zero-order valence-corrected chi connectivity index (χ0v) is 28.2. The quantitative estimate of drug-likeness (QED) is 0.0711. The minimum atomic E-state index is -0.273. The first-order chi connectivity index (χ1) is 23.0. The van der Waals surface area contributed by atoms with Gasteiger partial charge in [0.2, 0.25) is 17.7 Å². The number of nitrogens with one attached hydrogen (secondary N) is 3. The smallest absolute Gasteiger partial charge is 0.228 e. The van der Waals surface area contributed by atoms with Crippen LogP contribution < -0.4 is 16.0 Å². The van der Waals surface area contributed by atoms with E-state index in [0.29, 0.717) is 23.4 Å². The zero-order valence-electron chi connectivity index (χ0n) is 28.2. The molecule has 0 fully saturated rings. The molecule has 0 radical (unpaired) electrons. The number of hydrogen-bond donors (Lipinski definition) is 3. The van der Waals surface area contributed by atoms with Gasteiger partial charge in [-0.2, -0.15) is 0 Å². The van der Waals surface area contributed by atoms with Crippen LogP contribution in [0.25, 0.3) is 0 Å². The largest absolute Gasteiger partial charge is 0.356 e. The maximum Gasteiger partial charge on any atom is 0.228 e. The molecule has 0 aliphatic heterocycles. The average molecular weight is 640 g/mol. The minimum absolute atomic E-state index is 0.0350. The number of carbonyl (C=O) groups is 4. The Balaban J connectivity index is 1.38. The van der Waals surface area contributed by atoms with E-state index >= 15 is 0 Å². The lowest BCUT2D eigenvalue weighted by molar-refractivity contribution is -0.121. The monoisotopic (exact) mass is 639 g/mol. The number of rotatable bonds is 23. The maximum atomic E-state index is 13.4. The van der Waals surface area contributed by atoms with Crippen molar-refractivity contribution in [2.75, 3.05) is 17.2 Å². The van der Waals surface area contributed by atoms with Gasteiger partial charge in [-0.15, -0.1) is 0 Å². The van der Waals surface area contributed by atoms with Crippen molar-refractivity contribution in [1.82, 2.24) is 5.32 Å². The molecule has 0 heterocycles. The van der Waals surface area contributed by atoms with E-state index in [0.717, 1.165) is 24.8 Å². The van der Waals surface area contributed by atoms with Gasteiger partial charge in [0.05, 0.1) is 12.1 Å². The maximum absolute atomic E-state index is 13.4. The summed E-state index contributed by atoms with van der Waals surface area (Å²) in [4.78, 5) is 51.2. The highest BCUT2D eigenvalue weighted by Crippen LogP contribution is 2.24. The van der Waals surface area contributed by atoms with Crippen LogP contribution in [0.1, 0.15) is 125 Å². The van der Waals surface area contributed by atoms with Crippen molar-refractivity contribution in [1.29, 1.82) is 0 Å². The lowest BCUT2D eigenvalue weighted by atomic mass is 10.0. The summed E-state index contributed by atoms with van der Waals surface area (Å²) >= 11 is 0. The number of ketones is 1. The first-order valence-corrected chi connectivity index (χ1v) is 17.6. The van der Waals surface area contributed by atoms with Gasteiger partial charge in [0, 0.05) is 36.2 Å². The molecule has 47 heavy (non-hydrogen) atoms. The highest BCUT2D eigenvalue weighted by molar-refractivity contribution is 6.14. The van der Waals surface area contributed by atoms with E-state index in [1.807, 2.05) is 36.4 Å². The summed E-state index contributed by atoms with van der Waals surface area (Å²) in [5.74, 6) is -0.820. The van der Waals surface area contributed by atoms with Crippen molar-refractivity contribution in [3.05, 3.63) is 95.6 Å². The number of hydrogen-bond acceptors (Lipinski definition) is 4. The lowest BCUT2D eigenvalue weighted by Gasteiger charge is -2.14. The molecule has 0 atom stereocenters. The summed E-state index contributed by atoms with van der Waals surface area (Å²) in [5.41, 5.74) is 2.43. The van der Waals surface area contributed by atoms with Crippen LogP contribution in [0.5, 0.6) is 0 Å². The van der Waals surface area contributed by atoms with Crippen LogP contribution in [0, 0.1) is 0 Å². The van der Waals surface area contributed by atoms with E-state index in [2.05, 4.69) is 22.9 Å². The molecule has 0 unspecified atom stereocenters. The summed E-state index contributed by atoms with van der Waals surface area (Å²) in [6, 6.07) is 23.1. The van der Waals surface area contributed by atoms with E-state index in [1.165, 1.54) is 64.2 Å². The van der Waals surface area contributed by atoms with Crippen LogP contribution in [0.15, 0.2) is 78.9 Å². The molecule has 0 aliphatic rings. The standard InChI is InChI=1S/C40H53N3O4/c1-2-3-4-5-6-7-8-9-10-11-12-13-20-25-37(44)41-29-28-38(45)42-34-26-27-36(43-39(46)30-32-21-16-14-17-22-32)35(31-34)40(47)33-23-18-15-19-24-33/h14-19,21-24,26-27,31H,2-13,20,25,28-30H2,1H3,(H,41,44)(H,42,45)(H,43,46). The van der Waals surface area contributed by atoms with Gasteiger partial charge in [0.15, 0.2) is 5.78 Å². The number of carbonyl (C=O) groups excluding carboxylic acids is 4. The Morgan fingerprint density at radius 1 is 0.553 bits per heavy atom. The van der Waals surface area contributed by atoms with Gasteiger partial charge in [0.25, 0.3) is 0 Å². The van der Waals surface area contributed by atoms with Gasteiger partial charge in [-0.25, -0.2) is 0 Å². The second kappa shape index (κ2) is 22.3. The molecular formula is C40H53N3O4. The third-order valence-corrected chi connectivity index (χ3v) is 8.25. The Hall–Kier alpha value is -4.26. The fourth-order valence-corrected chi connectivity index (χ4v) is 5.57. The van der Waals surface area contributed by atoms with Crippen molar-refractivity contribution in [2.24, 2.45) is 0 Å². The molecule has 0 saturated carbocycles. The van der Waals surface area contributed by atoms with Crippen molar-refractivity contribution in [2.45, 2.75) is 110 Å². The molecule has 3 aromatic rings. The predicted molar refractivity (Wildman–Crippen MR) is 192 cm³/mol. The molecule has 3 aromatic carbocycles. The van der Waals surface area contributed by atoms with E-state index in [-0.39, 0.29) is 48.5 Å². The molecule has 0 spiro atoms. The van der Waals surface area contributed by atoms with Gasteiger partial charge in [-0.3, -0.25) is 19.2 Å². The second-order valence-electron chi connectivity index (χ2n) is 12.3. The summed E-state index contributed by atoms with van der Waals surface area (Å²) in [6.45, 7) is 2.50. The molecule has 252 valence electrons. The molecule has 7 nitrogen and oxygen atoms in total. The third kappa shape index (κ3) is 15.3. The van der Waals surface area contributed by atoms with Gasteiger partial charge >= 0.3 is 0 Å². The fraction of sp³-hybridized carbons (Fsp3) is 0.450. The van der Waals surface area contributed by atoms with Gasteiger partial charge in [0.1, 0.15) is 0 Å². The summed E-state index contributed by atoms with van der Waals surface area (Å²) < 4.78 is 0. The van der Waals surface area contributed by atoms with Crippen LogP contribution in [-0.4, -0.2) is 30.0 Å². The molecule has 0 aromatic heterocycles. The molecular weight excluding hydrogens is 586 g/mol. The molecule has 0 bridgehead atoms. The van der Waals surface area contributed by atoms with Crippen molar-refractivity contribution in [3.8, 4) is 0 Å². The normalized spacial score (nSPS) is 10.7. The summed E-state index contributed by atoms with van der Waals surface area (Å²) in [5, 5.41) is 8.53. The SMILES string of the molecule is CCCCCCCCCCCCCCCC(=O)NCCC(=O)Nc1ccc(NC(=O)Cc2ccccc2)c(C(=O)c2ccccc2)c1. The first-order valence-electron chi connectivity index (χ1n) is 17.6. The number of anilines is 2. The Labute approximate surface area is 281 Å². The number of unbranched alkanes of at least 4 members (excludes halogenated alkanes) is 12. The van der Waals surface area contributed by atoms with E-state index in [4.69, 9.17) is 0 Å². The zero-order chi connectivity index (χ0) is 33.5. The topological polar surface area (TPSA) is 104 Å². The Morgan fingerprint density at radius 2 is 1.13 bits per heavy atom. The number of amides is 3. The Morgan fingerprint density at radius 3 is 1.74 bits per heavy atom. The van der Waals surface area contributed by atoms with E-state index < -0.39 is 0 Å². The average Bonchev–Trinajstić information content (AvgIpc) is 3.08. The number of benzene rings is 3.